The van der Waals surface area contributed by atoms with Crippen molar-refractivity contribution in [2.75, 3.05) is 40.9 Å². The minimum Gasteiger partial charge on any atom is -0.756 e. The lowest BCUT2D eigenvalue weighted by Gasteiger charge is -2.29. The molecular formula is C61H121N2O6P. The molecule has 1 amide bonds. The summed E-state index contributed by atoms with van der Waals surface area (Å²) < 4.78 is 23.3. The summed E-state index contributed by atoms with van der Waals surface area (Å²) in [6, 6.07) is -0.900. The van der Waals surface area contributed by atoms with E-state index in [9.17, 15) is 19.4 Å². The number of nitrogens with zero attached hydrogens (tertiary/aromatic N) is 1. The van der Waals surface area contributed by atoms with E-state index in [0.29, 0.717) is 17.4 Å². The summed E-state index contributed by atoms with van der Waals surface area (Å²) in [5, 5.41) is 13.9. The van der Waals surface area contributed by atoms with Gasteiger partial charge in [-0.1, -0.05) is 295 Å². The van der Waals surface area contributed by atoms with E-state index >= 15 is 0 Å². The van der Waals surface area contributed by atoms with Crippen molar-refractivity contribution in [3.63, 3.8) is 0 Å². The van der Waals surface area contributed by atoms with Gasteiger partial charge in [0.2, 0.25) is 5.91 Å². The normalized spacial score (nSPS) is 14.0. The first-order chi connectivity index (χ1) is 34.0. The van der Waals surface area contributed by atoms with E-state index < -0.39 is 20.0 Å². The van der Waals surface area contributed by atoms with E-state index in [-0.39, 0.29) is 19.1 Å². The van der Waals surface area contributed by atoms with Gasteiger partial charge in [0.25, 0.3) is 7.82 Å². The van der Waals surface area contributed by atoms with Crippen LogP contribution in [0.1, 0.15) is 309 Å². The van der Waals surface area contributed by atoms with Crippen molar-refractivity contribution in [3.8, 4) is 0 Å². The molecule has 0 aliphatic rings. The van der Waals surface area contributed by atoms with Gasteiger partial charge in [0.15, 0.2) is 0 Å². The number of nitrogens with one attached hydrogen (secondary N) is 1. The van der Waals surface area contributed by atoms with Crippen molar-refractivity contribution in [2.24, 2.45) is 0 Å². The quantitative estimate of drug-likeness (QED) is 0.0272. The average molecular weight is 1010 g/mol. The molecule has 0 fully saturated rings. The highest BCUT2D eigenvalue weighted by molar-refractivity contribution is 7.45. The van der Waals surface area contributed by atoms with Crippen LogP contribution in [0, 0.1) is 0 Å². The molecule has 70 heavy (non-hydrogen) atoms. The predicted octanol–water partition coefficient (Wildman–Crippen LogP) is 18.1. The van der Waals surface area contributed by atoms with Crippen LogP contribution in [0.25, 0.3) is 0 Å². The number of quaternary nitrogens is 1. The molecule has 0 aliphatic carbocycles. The van der Waals surface area contributed by atoms with Crippen molar-refractivity contribution in [3.05, 3.63) is 24.3 Å². The third kappa shape index (κ3) is 54.7. The van der Waals surface area contributed by atoms with Crippen LogP contribution in [-0.4, -0.2) is 68.5 Å². The van der Waals surface area contributed by atoms with Gasteiger partial charge >= 0.3 is 0 Å². The molecule has 3 atom stereocenters. The number of unbranched alkanes of at least 4 members (excludes halogenated alkanes) is 42. The van der Waals surface area contributed by atoms with Gasteiger partial charge in [0.05, 0.1) is 39.9 Å². The van der Waals surface area contributed by atoms with E-state index in [1.165, 1.54) is 250 Å². The highest BCUT2D eigenvalue weighted by Crippen LogP contribution is 2.38. The molecule has 0 bridgehead atoms. The molecule has 9 heteroatoms. The van der Waals surface area contributed by atoms with Gasteiger partial charge in [-0.25, -0.2) is 0 Å². The Morgan fingerprint density at radius 3 is 1.16 bits per heavy atom. The summed E-state index contributed by atoms with van der Waals surface area (Å²) in [4.78, 5) is 25.5. The maximum Gasteiger partial charge on any atom is 0.268 e. The Labute approximate surface area is 436 Å². The molecule has 416 valence electrons. The number of likely N-dealkylation sites (N-methyl/N-ethyl adjacent to an activating group) is 1. The maximum atomic E-state index is 13.0. The molecule has 0 aliphatic heterocycles. The van der Waals surface area contributed by atoms with Crippen LogP contribution in [0.15, 0.2) is 24.3 Å². The van der Waals surface area contributed by atoms with Crippen molar-refractivity contribution in [1.29, 1.82) is 0 Å². The number of phosphoric ester groups is 1. The van der Waals surface area contributed by atoms with Crippen molar-refractivity contribution in [1.82, 2.24) is 5.32 Å². The fourth-order valence-corrected chi connectivity index (χ4v) is 10.1. The number of phosphoric acid groups is 1. The van der Waals surface area contributed by atoms with Crippen LogP contribution in [0.3, 0.4) is 0 Å². The van der Waals surface area contributed by atoms with Crippen LogP contribution in [0.4, 0.5) is 0 Å². The molecule has 0 saturated carbocycles. The largest absolute Gasteiger partial charge is 0.756 e. The first-order valence-corrected chi connectivity index (χ1v) is 32.2. The number of allylic oxidation sites excluding steroid dienone is 3. The predicted molar refractivity (Wildman–Crippen MR) is 302 cm³/mol. The SMILES string of the molecule is CCCCCCCCCCCCCC/C=C/CC/C=C/C(O)C(COP(=O)([O-])OCC[N+](C)(C)C)NC(=O)CCCCCCCCCCCCCCCCCCCCCCCCCCCCCCCC. The van der Waals surface area contributed by atoms with E-state index in [0.717, 1.165) is 38.5 Å². The minimum absolute atomic E-state index is 0.00370. The fourth-order valence-electron chi connectivity index (χ4n) is 9.35. The molecule has 0 heterocycles. The van der Waals surface area contributed by atoms with Crippen LogP contribution >= 0.6 is 7.82 Å². The minimum atomic E-state index is -4.60. The summed E-state index contributed by atoms with van der Waals surface area (Å²) in [5.41, 5.74) is 0. The van der Waals surface area contributed by atoms with E-state index in [1.807, 2.05) is 27.2 Å². The molecule has 0 aromatic rings. The third-order valence-corrected chi connectivity index (χ3v) is 15.1. The standard InChI is InChI=1S/C61H121N2O6P/c1-6-8-10-12-14-16-18-20-22-24-26-27-28-29-30-31-32-33-34-35-36-37-39-41-43-45-47-49-51-53-55-61(65)62-59(58-69-70(66,67)68-57-56-63(3,4)5)60(64)54-52-50-48-46-44-42-40-38-25-23-21-19-17-15-13-11-9-7-2/h44,46,52,54,59-60,64H,6-43,45,47-51,53,55-58H2,1-5H3,(H-,62,65,66,67)/b46-44+,54-52+. The van der Waals surface area contributed by atoms with Gasteiger partial charge in [-0.15, -0.1) is 0 Å². The Kier molecular flexibility index (Phi) is 52.1. The number of rotatable bonds is 57. The molecule has 0 aromatic heterocycles. The Morgan fingerprint density at radius 1 is 0.486 bits per heavy atom. The number of amides is 1. The van der Waals surface area contributed by atoms with Gasteiger partial charge in [0.1, 0.15) is 13.2 Å². The second-order valence-electron chi connectivity index (χ2n) is 22.4. The molecule has 2 N–H and O–H groups in total. The number of hydrogen-bond donors (Lipinski definition) is 2. The molecule has 0 spiro atoms. The fraction of sp³-hybridized carbons (Fsp3) is 0.918. The summed E-state index contributed by atoms with van der Waals surface area (Å²) in [5.74, 6) is -0.200. The summed E-state index contributed by atoms with van der Waals surface area (Å²) in [6.45, 7) is 4.67. The molecule has 0 saturated heterocycles. The number of aliphatic hydroxyl groups excluding tert-OH is 1. The van der Waals surface area contributed by atoms with Crippen molar-refractivity contribution < 1.29 is 32.9 Å². The Morgan fingerprint density at radius 2 is 0.800 bits per heavy atom. The summed E-state index contributed by atoms with van der Waals surface area (Å²) in [7, 11) is 1.26. The third-order valence-electron chi connectivity index (χ3n) is 14.2. The lowest BCUT2D eigenvalue weighted by atomic mass is 10.0. The molecule has 0 aromatic carbocycles. The van der Waals surface area contributed by atoms with Gasteiger partial charge in [-0.05, 0) is 32.1 Å². The Hall–Kier alpha value is -1.02. The first-order valence-electron chi connectivity index (χ1n) is 30.7. The van der Waals surface area contributed by atoms with E-state index in [4.69, 9.17) is 9.05 Å². The van der Waals surface area contributed by atoms with Gasteiger partial charge < -0.3 is 28.8 Å². The number of hydrogen-bond acceptors (Lipinski definition) is 6. The molecular weight excluding hydrogens is 888 g/mol. The zero-order chi connectivity index (χ0) is 51.3. The van der Waals surface area contributed by atoms with Crippen molar-refractivity contribution in [2.45, 2.75) is 321 Å². The van der Waals surface area contributed by atoms with Crippen molar-refractivity contribution >= 4 is 13.7 Å². The molecule has 8 nitrogen and oxygen atoms in total. The lowest BCUT2D eigenvalue weighted by Crippen LogP contribution is -2.45. The van der Waals surface area contributed by atoms with Gasteiger partial charge in [-0.2, -0.15) is 0 Å². The first kappa shape index (κ1) is 69.0. The molecule has 3 unspecified atom stereocenters. The van der Waals surface area contributed by atoms with E-state index in [1.54, 1.807) is 6.08 Å². The molecule has 0 radical (unpaired) electrons. The van der Waals surface area contributed by atoms with Crippen LogP contribution in [-0.2, 0) is 18.4 Å². The Bertz CT molecular complexity index is 1190. The lowest BCUT2D eigenvalue weighted by molar-refractivity contribution is -0.870. The highest BCUT2D eigenvalue weighted by atomic mass is 31.2. The zero-order valence-corrected chi connectivity index (χ0v) is 48.4. The van der Waals surface area contributed by atoms with Crippen LogP contribution in [0.5, 0.6) is 0 Å². The smallest absolute Gasteiger partial charge is 0.268 e. The van der Waals surface area contributed by atoms with Gasteiger partial charge in [-0.3, -0.25) is 9.36 Å². The monoisotopic (exact) mass is 1010 g/mol. The summed E-state index contributed by atoms with van der Waals surface area (Å²) >= 11 is 0. The van der Waals surface area contributed by atoms with E-state index in [2.05, 4.69) is 31.3 Å². The maximum absolute atomic E-state index is 13.0. The number of aliphatic hydroxyl groups is 1. The second kappa shape index (κ2) is 52.8. The van der Waals surface area contributed by atoms with Gasteiger partial charge in [0, 0.05) is 6.42 Å². The highest BCUT2D eigenvalue weighted by Gasteiger charge is 2.23. The second-order valence-corrected chi connectivity index (χ2v) is 23.8. The van der Waals surface area contributed by atoms with Crippen LogP contribution in [0.2, 0.25) is 0 Å². The number of carbonyl (C=O) groups is 1. The number of carbonyl (C=O) groups excluding carboxylic acids is 1. The summed E-state index contributed by atoms with van der Waals surface area (Å²) in [6.07, 6.45) is 67.1. The topological polar surface area (TPSA) is 108 Å². The van der Waals surface area contributed by atoms with Crippen LogP contribution < -0.4 is 10.2 Å². The molecule has 0 rings (SSSR count). The average Bonchev–Trinajstić information content (AvgIpc) is 3.32. The zero-order valence-electron chi connectivity index (χ0n) is 47.5. The Balaban J connectivity index is 4.09.